The normalized spacial score (nSPS) is 12.0. The van der Waals surface area contributed by atoms with Gasteiger partial charge in [0.05, 0.1) is 5.56 Å². The Morgan fingerprint density at radius 1 is 0.613 bits per heavy atom. The van der Waals surface area contributed by atoms with Gasteiger partial charge in [-0.05, 0) is 48.5 Å². The third kappa shape index (κ3) is 4.22. The summed E-state index contributed by atoms with van der Waals surface area (Å²) in [6.07, 6.45) is -4.09. The second-order valence-corrected chi connectivity index (χ2v) is 10.8. The zero-order chi connectivity index (χ0) is 21.9. The van der Waals surface area contributed by atoms with Crippen LogP contribution in [0.5, 0.6) is 5.75 Å². The van der Waals surface area contributed by atoms with Crippen LogP contribution >= 0.6 is 7.26 Å². The molecule has 0 bridgehead atoms. The molecule has 0 aliphatic carbocycles. The Morgan fingerprint density at radius 2 is 1.03 bits per heavy atom. The summed E-state index contributed by atoms with van der Waals surface area (Å²) in [5.74, 6) is -0.331. The average molecular weight is 437 g/mol. The number of aromatic hydroxyl groups is 1. The molecule has 156 valence electrons. The molecule has 31 heavy (non-hydrogen) atoms. The van der Waals surface area contributed by atoms with Gasteiger partial charge in [-0.25, -0.2) is 0 Å². The number of alkyl halides is 3. The highest BCUT2D eigenvalue weighted by Gasteiger charge is 2.46. The van der Waals surface area contributed by atoms with Crippen molar-refractivity contribution in [2.45, 2.75) is 12.3 Å². The summed E-state index contributed by atoms with van der Waals surface area (Å²) in [7, 11) is -2.30. The number of phenolic OH excluding ortho intramolecular Hbond substituents is 1. The third-order valence-electron chi connectivity index (χ3n) is 5.41. The quantitative estimate of drug-likeness (QED) is 0.385. The van der Waals surface area contributed by atoms with Gasteiger partial charge in [-0.3, -0.25) is 0 Å². The van der Waals surface area contributed by atoms with Gasteiger partial charge in [0, 0.05) is 5.56 Å². The lowest BCUT2D eigenvalue weighted by Gasteiger charge is -2.28. The van der Waals surface area contributed by atoms with E-state index in [9.17, 15) is 18.3 Å². The van der Waals surface area contributed by atoms with Crippen LogP contribution in [0.3, 0.4) is 0 Å². The molecule has 0 heterocycles. The largest absolute Gasteiger partial charge is 0.508 e. The summed E-state index contributed by atoms with van der Waals surface area (Å²) < 4.78 is 39.4. The van der Waals surface area contributed by atoms with Crippen molar-refractivity contribution in [1.29, 1.82) is 0 Å². The maximum Gasteiger partial charge on any atom is 0.416 e. The molecule has 4 aromatic carbocycles. The molecule has 0 radical (unpaired) electrons. The van der Waals surface area contributed by atoms with Crippen LogP contribution < -0.4 is 15.9 Å². The van der Waals surface area contributed by atoms with Gasteiger partial charge in [0.25, 0.3) is 0 Å². The van der Waals surface area contributed by atoms with E-state index in [1.165, 1.54) is 6.07 Å². The van der Waals surface area contributed by atoms with Gasteiger partial charge in [-0.15, -0.1) is 0 Å². The molecule has 0 saturated heterocycles. The van der Waals surface area contributed by atoms with Crippen molar-refractivity contribution in [3.8, 4) is 5.75 Å². The van der Waals surface area contributed by atoms with Gasteiger partial charge in [0.1, 0.15) is 35.1 Å². The first kappa shape index (κ1) is 21.1. The minimum Gasteiger partial charge on any atom is -0.508 e. The number of hydrogen-bond acceptors (Lipinski definition) is 1. The summed E-state index contributed by atoms with van der Waals surface area (Å²) in [6.45, 7) is 0. The molecule has 0 unspecified atom stereocenters. The molecule has 4 aromatic rings. The first-order chi connectivity index (χ1) is 14.9. The molecule has 0 aromatic heterocycles. The number of halogens is 3. The Labute approximate surface area is 180 Å². The van der Waals surface area contributed by atoms with Gasteiger partial charge >= 0.3 is 6.18 Å². The molecule has 0 spiro atoms. The van der Waals surface area contributed by atoms with Crippen molar-refractivity contribution in [2.75, 3.05) is 0 Å². The van der Waals surface area contributed by atoms with Crippen molar-refractivity contribution in [2.24, 2.45) is 0 Å². The average Bonchev–Trinajstić information content (AvgIpc) is 2.79. The Balaban J connectivity index is 1.95. The van der Waals surface area contributed by atoms with Gasteiger partial charge in [-0.1, -0.05) is 60.7 Å². The Hall–Kier alpha value is -3.10. The zero-order valence-corrected chi connectivity index (χ0v) is 17.5. The fourth-order valence-electron chi connectivity index (χ4n) is 3.90. The number of rotatable bonds is 5. The van der Waals surface area contributed by atoms with E-state index >= 15 is 0 Å². The summed E-state index contributed by atoms with van der Waals surface area (Å²) in [4.78, 5) is 0. The predicted molar refractivity (Wildman–Crippen MR) is 122 cm³/mol. The van der Waals surface area contributed by atoms with E-state index in [1.54, 1.807) is 0 Å². The molecule has 0 aliphatic heterocycles. The van der Waals surface area contributed by atoms with E-state index in [2.05, 4.69) is 36.4 Å². The number of hydrogen-bond donors (Lipinski definition) is 1. The molecular formula is C26H21F3OP+. The van der Waals surface area contributed by atoms with Crippen LogP contribution in [0.2, 0.25) is 0 Å². The first-order valence-electron chi connectivity index (χ1n) is 9.85. The Morgan fingerprint density at radius 3 is 1.39 bits per heavy atom. The zero-order valence-electron chi connectivity index (χ0n) is 16.6. The molecule has 5 heteroatoms. The highest BCUT2D eigenvalue weighted by atomic mass is 31.2. The molecule has 0 aliphatic rings. The Bertz CT molecular complexity index is 1050. The van der Waals surface area contributed by atoms with Crippen molar-refractivity contribution in [3.63, 3.8) is 0 Å². The van der Waals surface area contributed by atoms with Crippen molar-refractivity contribution < 1.29 is 18.3 Å². The van der Waals surface area contributed by atoms with Crippen LogP contribution in [0.4, 0.5) is 13.2 Å². The SMILES string of the molecule is Oc1cc(C(F)(F)F)ccc1C[P+](c1ccccc1)(c1ccccc1)c1ccccc1. The first-order valence-corrected chi connectivity index (χ1v) is 11.8. The van der Waals surface area contributed by atoms with Crippen LogP contribution in [0, 0.1) is 0 Å². The second kappa shape index (κ2) is 8.56. The van der Waals surface area contributed by atoms with E-state index in [1.807, 2.05) is 54.6 Å². The van der Waals surface area contributed by atoms with Crippen LogP contribution in [0.1, 0.15) is 11.1 Å². The Kier molecular flexibility index (Phi) is 5.84. The van der Waals surface area contributed by atoms with E-state index in [0.717, 1.165) is 28.0 Å². The molecule has 1 nitrogen and oxygen atoms in total. The molecule has 0 atom stereocenters. The topological polar surface area (TPSA) is 20.2 Å². The lowest BCUT2D eigenvalue weighted by Crippen LogP contribution is -2.32. The molecular weight excluding hydrogens is 416 g/mol. The van der Waals surface area contributed by atoms with E-state index < -0.39 is 19.0 Å². The minimum atomic E-state index is -4.50. The molecule has 1 N–H and O–H groups in total. The number of phenols is 1. The lowest BCUT2D eigenvalue weighted by atomic mass is 10.1. The van der Waals surface area contributed by atoms with Gasteiger partial charge in [0.2, 0.25) is 0 Å². The second-order valence-electron chi connectivity index (χ2n) is 7.32. The molecule has 0 saturated carbocycles. The monoisotopic (exact) mass is 437 g/mol. The fraction of sp³-hybridized carbons (Fsp3) is 0.0769. The highest BCUT2D eigenvalue weighted by Crippen LogP contribution is 2.59. The smallest absolute Gasteiger partial charge is 0.416 e. The summed E-state index contributed by atoms with van der Waals surface area (Å²) in [5, 5.41) is 13.9. The lowest BCUT2D eigenvalue weighted by molar-refractivity contribution is -0.137. The van der Waals surface area contributed by atoms with E-state index in [-0.39, 0.29) is 5.75 Å². The summed E-state index contributed by atoms with van der Waals surface area (Å²) in [6, 6.07) is 33.4. The van der Waals surface area contributed by atoms with Gasteiger partial charge < -0.3 is 5.11 Å². The maximum atomic E-state index is 13.1. The van der Waals surface area contributed by atoms with Crippen LogP contribution in [-0.2, 0) is 12.3 Å². The molecule has 4 rings (SSSR count). The fourth-order valence-corrected chi connectivity index (χ4v) is 8.16. The molecule has 0 fully saturated rings. The summed E-state index contributed by atoms with van der Waals surface area (Å²) in [5.41, 5.74) is -0.352. The van der Waals surface area contributed by atoms with Crippen LogP contribution in [0.25, 0.3) is 0 Å². The maximum absolute atomic E-state index is 13.1. The molecule has 0 amide bonds. The van der Waals surface area contributed by atoms with Crippen molar-refractivity contribution >= 4 is 23.2 Å². The van der Waals surface area contributed by atoms with Gasteiger partial charge in [-0.2, -0.15) is 13.2 Å². The van der Waals surface area contributed by atoms with Crippen molar-refractivity contribution in [3.05, 3.63) is 120 Å². The predicted octanol–water partition coefficient (Wildman–Crippen LogP) is 5.91. The van der Waals surface area contributed by atoms with Crippen LogP contribution in [-0.4, -0.2) is 5.11 Å². The highest BCUT2D eigenvalue weighted by molar-refractivity contribution is 7.95. The number of benzene rings is 4. The third-order valence-corrected chi connectivity index (χ3v) is 9.77. The van der Waals surface area contributed by atoms with E-state index in [0.29, 0.717) is 11.7 Å². The van der Waals surface area contributed by atoms with Gasteiger partial charge in [0.15, 0.2) is 0 Å². The summed E-state index contributed by atoms with van der Waals surface area (Å²) >= 11 is 0. The van der Waals surface area contributed by atoms with Crippen LogP contribution in [0.15, 0.2) is 109 Å². The standard InChI is InChI=1S/C26H20F3OP/c27-26(28,29)21-17-16-20(25(30)18-21)19-31(22-10-4-1-5-11-22,23-12-6-2-7-13-23)24-14-8-3-9-15-24/h1-18H,19H2/p+1. The minimum absolute atomic E-state index is 0.331. The van der Waals surface area contributed by atoms with E-state index in [4.69, 9.17) is 0 Å². The van der Waals surface area contributed by atoms with Crippen molar-refractivity contribution in [1.82, 2.24) is 0 Å².